The molecule has 0 spiro atoms. The van der Waals surface area contributed by atoms with Crippen LogP contribution in [0.15, 0.2) is 12.4 Å². The van der Waals surface area contributed by atoms with Crippen LogP contribution in [-0.2, 0) is 13.5 Å². The summed E-state index contributed by atoms with van der Waals surface area (Å²) < 4.78 is 2.13. The minimum absolute atomic E-state index is 0.179. The van der Waals surface area contributed by atoms with Crippen molar-refractivity contribution in [2.75, 3.05) is 19.6 Å². The molecule has 1 aromatic heterocycles. The van der Waals surface area contributed by atoms with Crippen molar-refractivity contribution in [1.82, 2.24) is 19.8 Å². The summed E-state index contributed by atoms with van der Waals surface area (Å²) in [7, 11) is 2.08. The van der Waals surface area contributed by atoms with Crippen LogP contribution in [0.3, 0.4) is 0 Å². The number of likely N-dealkylation sites (N-methyl/N-ethyl adjacent to an activating group) is 1. The number of hydrogen-bond donors (Lipinski definition) is 1. The Bertz CT molecular complexity index is 391. The predicted octanol–water partition coefficient (Wildman–Crippen LogP) is 1.82. The molecule has 0 aliphatic carbocycles. The number of likely N-dealkylation sites (tertiary alicyclic amines) is 1. The van der Waals surface area contributed by atoms with Crippen molar-refractivity contribution in [3.05, 3.63) is 18.2 Å². The summed E-state index contributed by atoms with van der Waals surface area (Å²) >= 11 is 0. The van der Waals surface area contributed by atoms with Gasteiger partial charge in [-0.3, -0.25) is 4.90 Å². The van der Waals surface area contributed by atoms with Crippen LogP contribution in [0, 0.1) is 0 Å². The Morgan fingerprint density at radius 1 is 1.37 bits per heavy atom. The van der Waals surface area contributed by atoms with Gasteiger partial charge in [-0.15, -0.1) is 0 Å². The molecule has 4 nitrogen and oxygen atoms in total. The molecule has 19 heavy (non-hydrogen) atoms. The van der Waals surface area contributed by atoms with Gasteiger partial charge in [0.05, 0.1) is 0 Å². The van der Waals surface area contributed by atoms with E-state index >= 15 is 0 Å². The molecule has 1 saturated heterocycles. The maximum absolute atomic E-state index is 4.48. The third-order valence-corrected chi connectivity index (χ3v) is 4.53. The van der Waals surface area contributed by atoms with Gasteiger partial charge in [-0.2, -0.15) is 0 Å². The molecule has 0 bridgehead atoms. The second-order valence-corrected chi connectivity index (χ2v) is 6.12. The minimum Gasteiger partial charge on any atom is -0.338 e. The molecule has 2 rings (SSSR count). The summed E-state index contributed by atoms with van der Waals surface area (Å²) in [6.07, 6.45) is 7.58. The Morgan fingerprint density at radius 2 is 2.05 bits per heavy atom. The summed E-state index contributed by atoms with van der Waals surface area (Å²) in [5.74, 6) is 1.17. The quantitative estimate of drug-likeness (QED) is 0.851. The van der Waals surface area contributed by atoms with Gasteiger partial charge in [-0.05, 0) is 46.3 Å². The molecule has 1 N–H and O–H groups in total. The Hall–Kier alpha value is -0.870. The lowest BCUT2D eigenvalue weighted by atomic mass is 9.89. The van der Waals surface area contributed by atoms with Gasteiger partial charge in [-0.25, -0.2) is 4.98 Å². The van der Waals surface area contributed by atoms with Crippen LogP contribution in [-0.4, -0.2) is 45.7 Å². The molecule has 1 aliphatic heterocycles. The number of imidazole rings is 1. The Balaban J connectivity index is 2.12. The highest BCUT2D eigenvalue weighted by molar-refractivity contribution is 5.02. The average molecular weight is 264 g/mol. The molecule has 108 valence electrons. The zero-order valence-electron chi connectivity index (χ0n) is 12.8. The number of nitrogens with one attached hydrogen (secondary N) is 1. The largest absolute Gasteiger partial charge is 0.338 e. The fourth-order valence-electron chi connectivity index (χ4n) is 3.11. The summed E-state index contributed by atoms with van der Waals surface area (Å²) in [5.41, 5.74) is 0.179. The number of aromatic nitrogens is 2. The first kappa shape index (κ1) is 14.5. The maximum Gasteiger partial charge on any atom is 0.109 e. The molecule has 0 saturated carbocycles. The first-order valence-electron chi connectivity index (χ1n) is 7.50. The number of rotatable bonds is 6. The van der Waals surface area contributed by atoms with E-state index in [-0.39, 0.29) is 5.54 Å². The smallest absolute Gasteiger partial charge is 0.109 e. The van der Waals surface area contributed by atoms with Crippen molar-refractivity contribution in [1.29, 1.82) is 0 Å². The van der Waals surface area contributed by atoms with E-state index in [1.165, 1.54) is 31.8 Å². The summed E-state index contributed by atoms with van der Waals surface area (Å²) in [5, 5.41) is 3.67. The van der Waals surface area contributed by atoms with E-state index in [0.29, 0.717) is 6.04 Å². The van der Waals surface area contributed by atoms with E-state index in [9.17, 15) is 0 Å². The van der Waals surface area contributed by atoms with Gasteiger partial charge in [0.25, 0.3) is 0 Å². The Labute approximate surface area is 117 Å². The van der Waals surface area contributed by atoms with E-state index in [1.807, 2.05) is 12.4 Å². The SMILES string of the molecule is CCNC(Cc1nccn1C)C(C)(C)N1CCCC1. The van der Waals surface area contributed by atoms with Gasteiger partial charge in [0, 0.05) is 37.4 Å². The molecule has 1 unspecified atom stereocenters. The van der Waals surface area contributed by atoms with E-state index in [2.05, 4.69) is 47.6 Å². The predicted molar refractivity (Wildman–Crippen MR) is 79.3 cm³/mol. The molecule has 1 atom stereocenters. The highest BCUT2D eigenvalue weighted by Gasteiger charge is 2.36. The first-order chi connectivity index (χ1) is 9.05. The highest BCUT2D eigenvalue weighted by atomic mass is 15.2. The van der Waals surface area contributed by atoms with Crippen molar-refractivity contribution in [3.63, 3.8) is 0 Å². The Kier molecular flexibility index (Phi) is 4.63. The van der Waals surface area contributed by atoms with Crippen LogP contribution in [0.2, 0.25) is 0 Å². The van der Waals surface area contributed by atoms with Crippen molar-refractivity contribution < 1.29 is 0 Å². The van der Waals surface area contributed by atoms with E-state index in [4.69, 9.17) is 0 Å². The number of nitrogens with zero attached hydrogens (tertiary/aromatic N) is 3. The van der Waals surface area contributed by atoms with E-state index < -0.39 is 0 Å². The number of aryl methyl sites for hydroxylation is 1. The standard InChI is InChI=1S/C15H28N4/c1-5-16-13(12-14-17-8-11-18(14)4)15(2,3)19-9-6-7-10-19/h8,11,13,16H,5-7,9-10,12H2,1-4H3. The fourth-order valence-corrected chi connectivity index (χ4v) is 3.11. The summed E-state index contributed by atoms with van der Waals surface area (Å²) in [6, 6.07) is 0.441. The van der Waals surface area contributed by atoms with Crippen molar-refractivity contribution in [2.24, 2.45) is 7.05 Å². The first-order valence-corrected chi connectivity index (χ1v) is 7.50. The molecular weight excluding hydrogens is 236 g/mol. The van der Waals surface area contributed by atoms with Gasteiger partial charge in [-0.1, -0.05) is 6.92 Å². The third-order valence-electron chi connectivity index (χ3n) is 4.53. The van der Waals surface area contributed by atoms with E-state index in [0.717, 1.165) is 13.0 Å². The summed E-state index contributed by atoms with van der Waals surface area (Å²) in [6.45, 7) is 10.4. The Morgan fingerprint density at radius 3 is 2.58 bits per heavy atom. The fraction of sp³-hybridized carbons (Fsp3) is 0.800. The lowest BCUT2D eigenvalue weighted by molar-refractivity contribution is 0.106. The van der Waals surface area contributed by atoms with Gasteiger partial charge in [0.2, 0.25) is 0 Å². The maximum atomic E-state index is 4.48. The van der Waals surface area contributed by atoms with Gasteiger partial charge in [0.15, 0.2) is 0 Å². The van der Waals surface area contributed by atoms with Crippen molar-refractivity contribution in [3.8, 4) is 0 Å². The number of hydrogen-bond acceptors (Lipinski definition) is 3. The lowest BCUT2D eigenvalue weighted by Crippen LogP contribution is -2.58. The molecular formula is C15H28N4. The van der Waals surface area contributed by atoms with Crippen LogP contribution in [0.5, 0.6) is 0 Å². The molecule has 2 heterocycles. The van der Waals surface area contributed by atoms with Gasteiger partial charge >= 0.3 is 0 Å². The van der Waals surface area contributed by atoms with Crippen molar-refractivity contribution in [2.45, 2.75) is 51.6 Å². The molecule has 0 aromatic carbocycles. The molecule has 1 aromatic rings. The van der Waals surface area contributed by atoms with Crippen LogP contribution in [0.25, 0.3) is 0 Å². The van der Waals surface area contributed by atoms with Crippen LogP contribution >= 0.6 is 0 Å². The van der Waals surface area contributed by atoms with E-state index in [1.54, 1.807) is 0 Å². The zero-order chi connectivity index (χ0) is 13.9. The molecule has 1 fully saturated rings. The minimum atomic E-state index is 0.179. The van der Waals surface area contributed by atoms with Crippen LogP contribution in [0.1, 0.15) is 39.4 Å². The topological polar surface area (TPSA) is 33.1 Å². The third kappa shape index (κ3) is 3.18. The van der Waals surface area contributed by atoms with Gasteiger partial charge in [0.1, 0.15) is 5.82 Å². The average Bonchev–Trinajstić information content (AvgIpc) is 3.01. The van der Waals surface area contributed by atoms with Crippen LogP contribution < -0.4 is 5.32 Å². The van der Waals surface area contributed by atoms with Crippen molar-refractivity contribution >= 4 is 0 Å². The molecule has 0 amide bonds. The van der Waals surface area contributed by atoms with Crippen LogP contribution in [0.4, 0.5) is 0 Å². The molecule has 4 heteroatoms. The second kappa shape index (κ2) is 6.06. The summed E-state index contributed by atoms with van der Waals surface area (Å²) in [4.78, 5) is 7.11. The molecule has 1 aliphatic rings. The van der Waals surface area contributed by atoms with Gasteiger partial charge < -0.3 is 9.88 Å². The molecule has 0 radical (unpaired) electrons. The second-order valence-electron chi connectivity index (χ2n) is 6.12. The zero-order valence-corrected chi connectivity index (χ0v) is 12.8. The monoisotopic (exact) mass is 264 g/mol. The normalized spacial score (nSPS) is 18.9. The lowest BCUT2D eigenvalue weighted by Gasteiger charge is -2.42. The highest BCUT2D eigenvalue weighted by Crippen LogP contribution is 2.26.